The summed E-state index contributed by atoms with van der Waals surface area (Å²) < 4.78 is 6.20. The average Bonchev–Trinajstić information content (AvgIpc) is 3.44. The SMILES string of the molecule is Cc1cc(CN(C)C(=O)C2C3C(=O)N(Cc4cccnc4)C[C@@]34C=C[C@@H]2O4)n[nH]1. The van der Waals surface area contributed by atoms with Crippen LogP contribution < -0.4 is 0 Å². The highest BCUT2D eigenvalue weighted by molar-refractivity contribution is 5.93. The number of amides is 2. The molecule has 29 heavy (non-hydrogen) atoms. The molecule has 1 N–H and O–H groups in total. The Kier molecular flexibility index (Phi) is 4.06. The number of nitrogens with zero attached hydrogens (tertiary/aromatic N) is 4. The van der Waals surface area contributed by atoms with Crippen molar-refractivity contribution in [3.8, 4) is 0 Å². The van der Waals surface area contributed by atoms with Crippen LogP contribution >= 0.6 is 0 Å². The van der Waals surface area contributed by atoms with E-state index in [2.05, 4.69) is 15.2 Å². The minimum Gasteiger partial charge on any atom is -0.360 e. The number of hydrogen-bond donors (Lipinski definition) is 1. The molecular formula is C21H23N5O3. The molecule has 150 valence electrons. The highest BCUT2D eigenvalue weighted by Crippen LogP contribution is 2.52. The fourth-order valence-corrected chi connectivity index (χ4v) is 4.84. The van der Waals surface area contributed by atoms with Crippen molar-refractivity contribution in [3.63, 3.8) is 0 Å². The lowest BCUT2D eigenvalue weighted by Gasteiger charge is -2.27. The van der Waals surface area contributed by atoms with Crippen LogP contribution in [0.15, 0.2) is 42.7 Å². The second-order valence-corrected chi connectivity index (χ2v) is 8.19. The van der Waals surface area contributed by atoms with Gasteiger partial charge in [-0.25, -0.2) is 0 Å². The van der Waals surface area contributed by atoms with Crippen LogP contribution in [0.25, 0.3) is 0 Å². The van der Waals surface area contributed by atoms with E-state index in [9.17, 15) is 9.59 Å². The summed E-state index contributed by atoms with van der Waals surface area (Å²) in [6.07, 6.45) is 7.04. The van der Waals surface area contributed by atoms with Gasteiger partial charge in [-0.05, 0) is 24.6 Å². The van der Waals surface area contributed by atoms with Crippen molar-refractivity contribution in [1.82, 2.24) is 25.0 Å². The predicted molar refractivity (Wildman–Crippen MR) is 103 cm³/mol. The van der Waals surface area contributed by atoms with Crippen LogP contribution in [0.2, 0.25) is 0 Å². The lowest BCUT2D eigenvalue weighted by molar-refractivity contribution is -0.142. The first-order chi connectivity index (χ1) is 14.0. The lowest BCUT2D eigenvalue weighted by atomic mass is 9.76. The van der Waals surface area contributed by atoms with Gasteiger partial charge >= 0.3 is 0 Å². The summed E-state index contributed by atoms with van der Waals surface area (Å²) in [6, 6.07) is 5.72. The number of aromatic amines is 1. The first-order valence-electron chi connectivity index (χ1n) is 9.77. The monoisotopic (exact) mass is 393 g/mol. The molecular weight excluding hydrogens is 370 g/mol. The Morgan fingerprint density at radius 2 is 2.34 bits per heavy atom. The fraction of sp³-hybridized carbons (Fsp3) is 0.429. The summed E-state index contributed by atoms with van der Waals surface area (Å²) in [5.74, 6) is -1.09. The standard InChI is InChI=1S/C21H23N5O3/c1-13-8-15(24-23-13)11-25(2)19(27)17-16-5-6-21(29-16)12-26(20(28)18(17)21)10-14-4-3-7-22-9-14/h3-9,16-18H,10-12H2,1-2H3,(H,23,24)/t16-,17?,18?,21-/m0/s1. The number of ether oxygens (including phenoxy) is 1. The van der Waals surface area contributed by atoms with Gasteiger partial charge in [0.1, 0.15) is 5.60 Å². The number of aromatic nitrogens is 3. The maximum absolute atomic E-state index is 13.3. The molecule has 4 atom stereocenters. The average molecular weight is 393 g/mol. The van der Waals surface area contributed by atoms with E-state index < -0.39 is 17.4 Å². The van der Waals surface area contributed by atoms with Crippen LogP contribution in [0, 0.1) is 18.8 Å². The van der Waals surface area contributed by atoms with Crippen LogP contribution in [0.3, 0.4) is 0 Å². The van der Waals surface area contributed by atoms with Crippen molar-refractivity contribution < 1.29 is 14.3 Å². The Bertz CT molecular complexity index is 987. The third-order valence-corrected chi connectivity index (χ3v) is 6.09. The number of nitrogens with one attached hydrogen (secondary N) is 1. The number of carbonyl (C=O) groups excluding carboxylic acids is 2. The van der Waals surface area contributed by atoms with E-state index in [0.717, 1.165) is 17.0 Å². The highest BCUT2D eigenvalue weighted by Gasteiger charge is 2.67. The molecule has 8 nitrogen and oxygen atoms in total. The Balaban J connectivity index is 1.36. The zero-order valence-electron chi connectivity index (χ0n) is 16.4. The van der Waals surface area contributed by atoms with Gasteiger partial charge in [0, 0.05) is 31.7 Å². The van der Waals surface area contributed by atoms with Gasteiger partial charge in [0.05, 0.1) is 36.7 Å². The molecule has 2 fully saturated rings. The first kappa shape index (κ1) is 18.1. The molecule has 2 amide bonds. The molecule has 0 aliphatic carbocycles. The van der Waals surface area contributed by atoms with Crippen molar-refractivity contribution in [2.24, 2.45) is 11.8 Å². The molecule has 5 rings (SSSR count). The number of rotatable bonds is 5. The van der Waals surface area contributed by atoms with Gasteiger partial charge in [0.25, 0.3) is 0 Å². The Labute approximate surface area is 168 Å². The quantitative estimate of drug-likeness (QED) is 0.767. The number of H-pyrrole nitrogens is 1. The summed E-state index contributed by atoms with van der Waals surface area (Å²) in [5.41, 5.74) is 2.00. The summed E-state index contributed by atoms with van der Waals surface area (Å²) in [6.45, 7) is 3.24. The molecule has 1 spiro atoms. The van der Waals surface area contributed by atoms with Crippen LogP contribution in [0.5, 0.6) is 0 Å². The Hall–Kier alpha value is -3.00. The van der Waals surface area contributed by atoms with Crippen molar-refractivity contribution in [2.45, 2.75) is 31.7 Å². The minimum atomic E-state index is -0.700. The van der Waals surface area contributed by atoms with E-state index in [0.29, 0.717) is 19.6 Å². The van der Waals surface area contributed by atoms with Gasteiger partial charge in [-0.3, -0.25) is 19.7 Å². The molecule has 3 aliphatic heterocycles. The fourth-order valence-electron chi connectivity index (χ4n) is 4.84. The third-order valence-electron chi connectivity index (χ3n) is 6.09. The van der Waals surface area contributed by atoms with Gasteiger partial charge in [-0.2, -0.15) is 5.10 Å². The molecule has 0 saturated carbocycles. The van der Waals surface area contributed by atoms with Crippen LogP contribution in [-0.4, -0.2) is 62.1 Å². The highest BCUT2D eigenvalue weighted by atomic mass is 16.5. The van der Waals surface area contributed by atoms with Crippen LogP contribution in [0.1, 0.15) is 17.0 Å². The largest absolute Gasteiger partial charge is 0.360 e. The van der Waals surface area contributed by atoms with Gasteiger partial charge in [-0.15, -0.1) is 0 Å². The van der Waals surface area contributed by atoms with E-state index in [1.807, 2.05) is 37.3 Å². The van der Waals surface area contributed by atoms with Gasteiger partial charge in [0.2, 0.25) is 11.8 Å². The van der Waals surface area contributed by atoms with Crippen molar-refractivity contribution in [1.29, 1.82) is 0 Å². The normalized spacial score (nSPS) is 29.5. The number of likely N-dealkylation sites (tertiary alicyclic amines) is 1. The molecule has 8 heteroatoms. The van der Waals surface area contributed by atoms with Crippen molar-refractivity contribution in [3.05, 3.63) is 59.7 Å². The Morgan fingerprint density at radius 3 is 3.07 bits per heavy atom. The second kappa shape index (κ2) is 6.52. The molecule has 2 bridgehead atoms. The number of carbonyl (C=O) groups is 2. The molecule has 2 saturated heterocycles. The molecule has 3 aliphatic rings. The second-order valence-electron chi connectivity index (χ2n) is 8.19. The van der Waals surface area contributed by atoms with Crippen LogP contribution in [-0.2, 0) is 27.4 Å². The number of pyridine rings is 1. The number of hydrogen-bond acceptors (Lipinski definition) is 5. The van der Waals surface area contributed by atoms with Crippen LogP contribution in [0.4, 0.5) is 0 Å². The summed E-state index contributed by atoms with van der Waals surface area (Å²) in [5, 5.41) is 7.10. The van der Waals surface area contributed by atoms with E-state index in [-0.39, 0.29) is 17.9 Å². The maximum atomic E-state index is 13.3. The topological polar surface area (TPSA) is 91.4 Å². The Morgan fingerprint density at radius 1 is 1.48 bits per heavy atom. The van der Waals surface area contributed by atoms with Gasteiger partial charge < -0.3 is 14.5 Å². The molecule has 2 unspecified atom stereocenters. The third kappa shape index (κ3) is 2.86. The van der Waals surface area contributed by atoms with E-state index in [4.69, 9.17) is 4.74 Å². The number of aryl methyl sites for hydroxylation is 1. The predicted octanol–water partition coefficient (Wildman–Crippen LogP) is 1.05. The summed E-state index contributed by atoms with van der Waals surface area (Å²) >= 11 is 0. The smallest absolute Gasteiger partial charge is 0.230 e. The first-order valence-corrected chi connectivity index (χ1v) is 9.77. The van der Waals surface area contributed by atoms with Gasteiger partial charge in [0.15, 0.2) is 0 Å². The molecule has 0 radical (unpaired) electrons. The lowest BCUT2D eigenvalue weighted by Crippen LogP contribution is -2.44. The molecule has 2 aromatic heterocycles. The van der Waals surface area contributed by atoms with E-state index >= 15 is 0 Å². The van der Waals surface area contributed by atoms with Crippen molar-refractivity contribution >= 4 is 11.8 Å². The zero-order chi connectivity index (χ0) is 20.2. The number of fused-ring (bicyclic) bond motifs is 1. The summed E-state index contributed by atoms with van der Waals surface area (Å²) in [4.78, 5) is 34.1. The van der Waals surface area contributed by atoms with Crippen molar-refractivity contribution in [2.75, 3.05) is 13.6 Å². The molecule has 5 heterocycles. The minimum absolute atomic E-state index is 0.0249. The summed E-state index contributed by atoms with van der Waals surface area (Å²) in [7, 11) is 1.75. The maximum Gasteiger partial charge on any atom is 0.230 e. The van der Waals surface area contributed by atoms with E-state index in [1.165, 1.54) is 0 Å². The molecule has 0 aromatic carbocycles. The van der Waals surface area contributed by atoms with E-state index in [1.54, 1.807) is 29.2 Å². The van der Waals surface area contributed by atoms with Gasteiger partial charge in [-0.1, -0.05) is 18.2 Å². The zero-order valence-corrected chi connectivity index (χ0v) is 16.4. The molecule has 2 aromatic rings.